The molecule has 0 amide bonds. The van der Waals surface area contributed by atoms with Crippen molar-refractivity contribution in [3.8, 4) is 28.5 Å². The number of aromatic nitrogens is 1. The molecule has 9 heteroatoms. The summed E-state index contributed by atoms with van der Waals surface area (Å²) in [6.45, 7) is 0. The maximum Gasteiger partial charge on any atom is 0.205 e. The molecule has 0 spiro atoms. The first kappa shape index (κ1) is 21.2. The topological polar surface area (TPSA) is 57.3 Å². The van der Waals surface area contributed by atoms with E-state index in [1.807, 2.05) is 11.4 Å². The highest BCUT2D eigenvalue weighted by Crippen LogP contribution is 2.39. The average Bonchev–Trinajstić information content (AvgIpc) is 3.15. The molecule has 0 atom stereocenters. The molecule has 0 aliphatic rings. The summed E-state index contributed by atoms with van der Waals surface area (Å²) in [5, 5.41) is 7.72. The molecule has 0 saturated carbocycles. The summed E-state index contributed by atoms with van der Waals surface area (Å²) in [6, 6.07) is 8.93. The van der Waals surface area contributed by atoms with E-state index in [4.69, 9.17) is 37.4 Å². The van der Waals surface area contributed by atoms with E-state index < -0.39 is 0 Å². The second-order valence-electron chi connectivity index (χ2n) is 5.73. The molecule has 0 N–H and O–H groups in total. The van der Waals surface area contributed by atoms with Crippen molar-refractivity contribution in [2.75, 3.05) is 28.4 Å². The lowest BCUT2D eigenvalue weighted by Gasteiger charge is -2.13. The highest BCUT2D eigenvalue weighted by molar-refractivity contribution is 7.07. The monoisotopic (exact) mass is 451 g/mol. The Morgan fingerprint density at radius 3 is 2.41 bits per heavy atom. The van der Waals surface area contributed by atoms with Gasteiger partial charge in [-0.25, -0.2) is 4.68 Å². The van der Waals surface area contributed by atoms with Crippen molar-refractivity contribution in [1.82, 2.24) is 4.68 Å². The molecule has 0 unspecified atom stereocenters. The molecule has 2 aromatic carbocycles. The largest absolute Gasteiger partial charge is 0.493 e. The first-order valence-electron chi connectivity index (χ1n) is 8.46. The van der Waals surface area contributed by atoms with Crippen LogP contribution in [0.1, 0.15) is 5.56 Å². The number of methoxy groups -OCH3 is 3. The summed E-state index contributed by atoms with van der Waals surface area (Å²) in [5.74, 6) is 1.58. The Balaban J connectivity index is 2.14. The third kappa shape index (κ3) is 4.27. The lowest BCUT2D eigenvalue weighted by molar-refractivity contribution is 0.324. The van der Waals surface area contributed by atoms with Gasteiger partial charge in [0.05, 0.1) is 38.3 Å². The van der Waals surface area contributed by atoms with E-state index >= 15 is 0 Å². The van der Waals surface area contributed by atoms with Gasteiger partial charge in [-0.2, -0.15) is 5.10 Å². The lowest BCUT2D eigenvalue weighted by atomic mass is 10.2. The number of halogens is 2. The Hall–Kier alpha value is -2.48. The van der Waals surface area contributed by atoms with Gasteiger partial charge in [0.25, 0.3) is 0 Å². The second-order valence-corrected chi connectivity index (χ2v) is 7.41. The molecule has 1 heterocycles. The van der Waals surface area contributed by atoms with E-state index in [0.717, 1.165) is 11.3 Å². The fourth-order valence-corrected chi connectivity index (χ4v) is 3.97. The van der Waals surface area contributed by atoms with Crippen molar-refractivity contribution in [2.45, 2.75) is 0 Å². The van der Waals surface area contributed by atoms with Crippen molar-refractivity contribution in [3.05, 3.63) is 56.1 Å². The molecule has 6 nitrogen and oxygen atoms in total. The fraction of sp³-hybridized carbons (Fsp3) is 0.200. The van der Waals surface area contributed by atoms with Gasteiger partial charge in [-0.15, -0.1) is 11.3 Å². The summed E-state index contributed by atoms with van der Waals surface area (Å²) in [7, 11) is 6.40. The Morgan fingerprint density at radius 2 is 1.76 bits per heavy atom. The Morgan fingerprint density at radius 1 is 1.00 bits per heavy atom. The molecule has 0 aliphatic carbocycles. The number of rotatable bonds is 6. The van der Waals surface area contributed by atoms with Crippen molar-refractivity contribution in [2.24, 2.45) is 10.1 Å². The minimum atomic E-state index is 0.493. The summed E-state index contributed by atoms with van der Waals surface area (Å²) < 4.78 is 18.0. The van der Waals surface area contributed by atoms with Crippen LogP contribution in [0.15, 0.2) is 45.8 Å². The first-order valence-corrected chi connectivity index (χ1v) is 10.1. The van der Waals surface area contributed by atoms with Crippen LogP contribution in [0.2, 0.25) is 10.0 Å². The van der Waals surface area contributed by atoms with Crippen LogP contribution < -0.4 is 19.0 Å². The normalized spacial score (nSPS) is 11.9. The van der Waals surface area contributed by atoms with Crippen LogP contribution >= 0.6 is 34.5 Å². The molecule has 3 aromatic rings. The smallest absolute Gasteiger partial charge is 0.205 e. The number of hydrogen-bond donors (Lipinski definition) is 0. The molecule has 152 valence electrons. The summed E-state index contributed by atoms with van der Waals surface area (Å²) in [4.78, 5) is 5.00. The molecule has 0 bridgehead atoms. The van der Waals surface area contributed by atoms with Crippen LogP contribution in [0.4, 0.5) is 0 Å². The molecular weight excluding hydrogens is 433 g/mol. The number of benzene rings is 2. The standard InChI is InChI=1S/C20H19Cl2N3O3S/c1-23-20-25(16(11-29-20)14-9-13(21)6-7-15(14)22)24-10-12-5-8-17(26-2)19(28-4)18(12)27-3/h5-11H,1-4H3. The van der Waals surface area contributed by atoms with Crippen LogP contribution in [0.25, 0.3) is 11.3 Å². The van der Waals surface area contributed by atoms with E-state index in [2.05, 4.69) is 10.1 Å². The van der Waals surface area contributed by atoms with Crippen LogP contribution in [0.3, 0.4) is 0 Å². The highest BCUT2D eigenvalue weighted by Gasteiger charge is 2.16. The van der Waals surface area contributed by atoms with Gasteiger partial charge in [-0.1, -0.05) is 23.2 Å². The van der Waals surface area contributed by atoms with Crippen molar-refractivity contribution < 1.29 is 14.2 Å². The average molecular weight is 452 g/mol. The number of ether oxygens (including phenoxy) is 3. The summed E-state index contributed by atoms with van der Waals surface area (Å²) in [5.41, 5.74) is 2.26. The van der Waals surface area contributed by atoms with Gasteiger partial charge in [0, 0.05) is 28.6 Å². The zero-order valence-corrected chi connectivity index (χ0v) is 18.6. The predicted molar refractivity (Wildman–Crippen MR) is 118 cm³/mol. The molecule has 0 aliphatic heterocycles. The third-order valence-corrected chi connectivity index (χ3v) is 5.60. The summed E-state index contributed by atoms with van der Waals surface area (Å²) >= 11 is 14.0. The predicted octanol–water partition coefficient (Wildman–Crippen LogP) is 4.96. The molecule has 29 heavy (non-hydrogen) atoms. The second kappa shape index (κ2) is 9.35. The fourth-order valence-electron chi connectivity index (χ4n) is 2.79. The zero-order valence-electron chi connectivity index (χ0n) is 16.3. The molecule has 1 aromatic heterocycles. The molecule has 3 rings (SSSR count). The maximum absolute atomic E-state index is 6.39. The van der Waals surface area contributed by atoms with Gasteiger partial charge in [0.1, 0.15) is 0 Å². The number of thiazole rings is 1. The maximum atomic E-state index is 6.39. The highest BCUT2D eigenvalue weighted by atomic mass is 35.5. The van der Waals surface area contributed by atoms with E-state index in [-0.39, 0.29) is 0 Å². The third-order valence-electron chi connectivity index (χ3n) is 4.13. The van der Waals surface area contributed by atoms with Gasteiger partial charge in [-0.05, 0) is 30.3 Å². The van der Waals surface area contributed by atoms with Crippen LogP contribution in [0, 0.1) is 0 Å². The zero-order chi connectivity index (χ0) is 21.0. The van der Waals surface area contributed by atoms with Crippen LogP contribution in [-0.2, 0) is 0 Å². The Bertz CT molecular complexity index is 1120. The van der Waals surface area contributed by atoms with Gasteiger partial charge in [0.15, 0.2) is 11.5 Å². The number of hydrogen-bond acceptors (Lipinski definition) is 6. The van der Waals surface area contributed by atoms with Crippen LogP contribution in [0.5, 0.6) is 17.2 Å². The van der Waals surface area contributed by atoms with Crippen molar-refractivity contribution in [3.63, 3.8) is 0 Å². The van der Waals surface area contributed by atoms with Gasteiger partial charge >= 0.3 is 0 Å². The minimum Gasteiger partial charge on any atom is -0.493 e. The van der Waals surface area contributed by atoms with Gasteiger partial charge in [-0.3, -0.25) is 4.99 Å². The first-order chi connectivity index (χ1) is 14.0. The molecule has 0 saturated heterocycles. The van der Waals surface area contributed by atoms with Gasteiger partial charge < -0.3 is 14.2 Å². The lowest BCUT2D eigenvalue weighted by Crippen LogP contribution is -2.12. The van der Waals surface area contributed by atoms with E-state index in [9.17, 15) is 0 Å². The quantitative estimate of drug-likeness (QED) is 0.497. The van der Waals surface area contributed by atoms with E-state index in [1.165, 1.54) is 11.3 Å². The summed E-state index contributed by atoms with van der Waals surface area (Å²) in [6.07, 6.45) is 1.67. The van der Waals surface area contributed by atoms with Crippen molar-refractivity contribution in [1.29, 1.82) is 0 Å². The number of nitrogens with zero attached hydrogens (tertiary/aromatic N) is 3. The van der Waals surface area contributed by atoms with Crippen LogP contribution in [-0.4, -0.2) is 39.3 Å². The Labute approximate surface area is 182 Å². The minimum absolute atomic E-state index is 0.493. The molecule has 0 radical (unpaired) electrons. The molecular formula is C20H19Cl2N3O3S. The molecule has 0 fully saturated rings. The van der Waals surface area contributed by atoms with E-state index in [0.29, 0.717) is 37.7 Å². The van der Waals surface area contributed by atoms with Gasteiger partial charge in [0.2, 0.25) is 10.6 Å². The van der Waals surface area contributed by atoms with Crippen molar-refractivity contribution >= 4 is 40.8 Å². The SMILES string of the molecule is CN=c1scc(-c2cc(Cl)ccc2Cl)n1N=Cc1ccc(OC)c(OC)c1OC. The van der Waals surface area contributed by atoms with E-state index in [1.54, 1.807) is 63.5 Å². The Kier molecular flexibility index (Phi) is 6.84.